The average molecular weight is 311 g/mol. The third-order valence-corrected chi connectivity index (χ3v) is 6.29. The maximum atomic E-state index is 12.8. The van der Waals surface area contributed by atoms with E-state index in [2.05, 4.69) is 0 Å². The molecule has 0 unspecified atom stereocenters. The zero-order valence-corrected chi connectivity index (χ0v) is 13.6. The molecule has 116 valence electrons. The highest BCUT2D eigenvalue weighted by molar-refractivity contribution is 7.89. The van der Waals surface area contributed by atoms with Crippen molar-refractivity contribution in [1.29, 1.82) is 0 Å². The predicted molar refractivity (Wildman–Crippen MR) is 80.0 cm³/mol. The highest BCUT2D eigenvalue weighted by Gasteiger charge is 2.37. The Hall–Kier alpha value is -1.40. The van der Waals surface area contributed by atoms with Gasteiger partial charge in [-0.3, -0.25) is 4.79 Å². The zero-order chi connectivity index (χ0) is 15.9. The highest BCUT2D eigenvalue weighted by Crippen LogP contribution is 2.34. The summed E-state index contributed by atoms with van der Waals surface area (Å²) in [7, 11) is -1.97. The SMILES string of the molecule is Cc1cc(C)c(S(=O)(=O)N(C)C2CC2)c(C)c1CC(=O)O. The van der Waals surface area contributed by atoms with Gasteiger partial charge in [0, 0.05) is 13.1 Å². The molecular formula is C15H21NO4S. The Kier molecular flexibility index (Phi) is 4.13. The first-order chi connectivity index (χ1) is 9.66. The Balaban J connectivity index is 2.60. The van der Waals surface area contributed by atoms with Crippen LogP contribution >= 0.6 is 0 Å². The lowest BCUT2D eigenvalue weighted by molar-refractivity contribution is -0.136. The number of nitrogens with zero attached hydrogens (tertiary/aromatic N) is 1. The average Bonchev–Trinajstić information content (AvgIpc) is 3.16. The molecule has 0 amide bonds. The molecule has 0 radical (unpaired) electrons. The molecule has 1 aromatic carbocycles. The fourth-order valence-electron chi connectivity index (χ4n) is 2.80. The summed E-state index contributed by atoms with van der Waals surface area (Å²) in [5.74, 6) is -0.955. The van der Waals surface area contributed by atoms with Crippen LogP contribution in [0.1, 0.15) is 35.1 Å². The molecule has 0 saturated heterocycles. The minimum atomic E-state index is -3.57. The Morgan fingerprint density at radius 3 is 2.33 bits per heavy atom. The van der Waals surface area contributed by atoms with Gasteiger partial charge in [-0.15, -0.1) is 0 Å². The summed E-state index contributed by atoms with van der Waals surface area (Å²) in [6, 6.07) is 1.84. The van der Waals surface area contributed by atoms with Crippen LogP contribution in [0, 0.1) is 20.8 Å². The van der Waals surface area contributed by atoms with Gasteiger partial charge in [0.2, 0.25) is 10.0 Å². The van der Waals surface area contributed by atoms with Crippen molar-refractivity contribution in [3.8, 4) is 0 Å². The smallest absolute Gasteiger partial charge is 0.307 e. The molecule has 0 heterocycles. The summed E-state index contributed by atoms with van der Waals surface area (Å²) in [5, 5.41) is 9.03. The van der Waals surface area contributed by atoms with Gasteiger partial charge in [-0.25, -0.2) is 8.42 Å². The van der Waals surface area contributed by atoms with Gasteiger partial charge in [-0.1, -0.05) is 6.07 Å². The second-order valence-corrected chi connectivity index (χ2v) is 7.70. The van der Waals surface area contributed by atoms with Gasteiger partial charge in [0.05, 0.1) is 11.3 Å². The second-order valence-electron chi connectivity index (χ2n) is 5.77. The number of benzene rings is 1. The lowest BCUT2D eigenvalue weighted by atomic mass is 9.97. The van der Waals surface area contributed by atoms with Crippen LogP contribution in [0.25, 0.3) is 0 Å². The number of hydrogen-bond acceptors (Lipinski definition) is 3. The van der Waals surface area contributed by atoms with E-state index in [9.17, 15) is 13.2 Å². The van der Waals surface area contributed by atoms with E-state index in [0.29, 0.717) is 16.7 Å². The number of carbonyl (C=O) groups is 1. The molecule has 0 aliphatic heterocycles. The van der Waals surface area contributed by atoms with Gasteiger partial charge in [0.1, 0.15) is 0 Å². The van der Waals surface area contributed by atoms with Crippen molar-refractivity contribution in [2.24, 2.45) is 0 Å². The molecule has 2 rings (SSSR count). The molecule has 1 aromatic rings. The number of sulfonamides is 1. The minimum absolute atomic E-state index is 0.0815. The zero-order valence-electron chi connectivity index (χ0n) is 12.8. The van der Waals surface area contributed by atoms with Gasteiger partial charge in [-0.2, -0.15) is 4.31 Å². The van der Waals surface area contributed by atoms with Crippen molar-refractivity contribution in [2.75, 3.05) is 7.05 Å². The van der Waals surface area contributed by atoms with Crippen molar-refractivity contribution in [2.45, 2.75) is 51.0 Å². The number of hydrogen-bond donors (Lipinski definition) is 1. The normalized spacial score (nSPS) is 15.5. The summed E-state index contributed by atoms with van der Waals surface area (Å²) in [6.45, 7) is 5.28. The Morgan fingerprint density at radius 1 is 1.29 bits per heavy atom. The van der Waals surface area contributed by atoms with Crippen LogP contribution in [0.15, 0.2) is 11.0 Å². The molecule has 6 heteroatoms. The predicted octanol–water partition coefficient (Wildman–Crippen LogP) is 2.02. The molecule has 0 atom stereocenters. The quantitative estimate of drug-likeness (QED) is 0.903. The summed E-state index contributed by atoms with van der Waals surface area (Å²) in [5.41, 5.74) is 2.64. The van der Waals surface area contributed by atoms with E-state index in [1.54, 1.807) is 27.0 Å². The second kappa shape index (κ2) is 5.42. The standard InChI is InChI=1S/C15H21NO4S/c1-9-7-10(2)15(11(3)13(9)8-14(17)18)21(19,20)16(4)12-5-6-12/h7,12H,5-6,8H2,1-4H3,(H,17,18). The molecule has 1 saturated carbocycles. The van der Waals surface area contributed by atoms with Gasteiger partial charge >= 0.3 is 5.97 Å². The van der Waals surface area contributed by atoms with Gasteiger partial charge < -0.3 is 5.11 Å². The molecule has 1 N–H and O–H groups in total. The van der Waals surface area contributed by atoms with E-state index in [1.165, 1.54) is 4.31 Å². The third-order valence-electron chi connectivity index (χ3n) is 4.09. The summed E-state index contributed by atoms with van der Waals surface area (Å²) in [4.78, 5) is 11.3. The fourth-order valence-corrected chi connectivity index (χ4v) is 4.67. The van der Waals surface area contributed by atoms with Crippen LogP contribution in [0.3, 0.4) is 0 Å². The van der Waals surface area contributed by atoms with Crippen LogP contribution in [-0.2, 0) is 21.2 Å². The maximum absolute atomic E-state index is 12.8. The first-order valence-corrected chi connectivity index (χ1v) is 8.39. The third kappa shape index (κ3) is 2.96. The largest absolute Gasteiger partial charge is 0.481 e. The highest BCUT2D eigenvalue weighted by atomic mass is 32.2. The maximum Gasteiger partial charge on any atom is 0.307 e. The van der Waals surface area contributed by atoms with Gasteiger partial charge in [-0.05, 0) is 55.9 Å². The molecule has 1 aliphatic rings. The molecule has 0 aromatic heterocycles. The van der Waals surface area contributed by atoms with E-state index >= 15 is 0 Å². The van der Waals surface area contributed by atoms with Crippen LogP contribution in [0.2, 0.25) is 0 Å². The molecule has 5 nitrogen and oxygen atoms in total. The summed E-state index contributed by atoms with van der Waals surface area (Å²) >= 11 is 0. The van der Waals surface area contributed by atoms with E-state index in [0.717, 1.165) is 18.4 Å². The summed E-state index contributed by atoms with van der Waals surface area (Å²) in [6.07, 6.45) is 1.62. The van der Waals surface area contributed by atoms with E-state index in [1.807, 2.05) is 6.92 Å². The van der Waals surface area contributed by atoms with Crippen LogP contribution in [0.5, 0.6) is 0 Å². The van der Waals surface area contributed by atoms with Crippen LogP contribution in [-0.4, -0.2) is 36.9 Å². The first-order valence-electron chi connectivity index (χ1n) is 6.95. The van der Waals surface area contributed by atoms with Crippen molar-refractivity contribution in [1.82, 2.24) is 4.31 Å². The van der Waals surface area contributed by atoms with Crippen molar-refractivity contribution in [3.63, 3.8) is 0 Å². The Morgan fingerprint density at radius 2 is 1.86 bits per heavy atom. The number of carboxylic acid groups (broad SMARTS) is 1. The van der Waals surface area contributed by atoms with Gasteiger partial charge in [0.25, 0.3) is 0 Å². The molecule has 0 spiro atoms. The Labute approximate surface area is 125 Å². The van der Waals surface area contributed by atoms with Crippen LogP contribution < -0.4 is 0 Å². The number of rotatable bonds is 5. The lowest BCUT2D eigenvalue weighted by Crippen LogP contribution is -2.30. The first kappa shape index (κ1) is 16.0. The van der Waals surface area contributed by atoms with Crippen molar-refractivity contribution >= 4 is 16.0 Å². The van der Waals surface area contributed by atoms with Gasteiger partial charge in [0.15, 0.2) is 0 Å². The monoisotopic (exact) mass is 311 g/mol. The fraction of sp³-hybridized carbons (Fsp3) is 0.533. The molecule has 21 heavy (non-hydrogen) atoms. The van der Waals surface area contributed by atoms with Crippen LogP contribution in [0.4, 0.5) is 0 Å². The van der Waals surface area contributed by atoms with E-state index in [4.69, 9.17) is 5.11 Å². The molecular weight excluding hydrogens is 290 g/mol. The molecule has 0 bridgehead atoms. The summed E-state index contributed by atoms with van der Waals surface area (Å²) < 4.78 is 27.0. The molecule has 1 fully saturated rings. The molecule has 1 aliphatic carbocycles. The van der Waals surface area contributed by atoms with Crippen molar-refractivity contribution < 1.29 is 18.3 Å². The number of aryl methyl sites for hydroxylation is 2. The number of aliphatic carboxylic acids is 1. The number of carboxylic acids is 1. The topological polar surface area (TPSA) is 74.7 Å². The van der Waals surface area contributed by atoms with E-state index < -0.39 is 16.0 Å². The Bertz CT molecular complexity index is 690. The lowest BCUT2D eigenvalue weighted by Gasteiger charge is -2.22. The minimum Gasteiger partial charge on any atom is -0.481 e. The van der Waals surface area contributed by atoms with E-state index in [-0.39, 0.29) is 17.4 Å². The van der Waals surface area contributed by atoms with Crippen molar-refractivity contribution in [3.05, 3.63) is 28.3 Å².